The van der Waals surface area contributed by atoms with E-state index < -0.39 is 17.4 Å². The minimum Gasteiger partial charge on any atom is -0.497 e. The molecule has 0 aromatic heterocycles. The molecule has 2 aromatic rings. The molecule has 2 aromatic carbocycles. The van der Waals surface area contributed by atoms with Gasteiger partial charge in [-0.2, -0.15) is 0 Å². The number of hydrogen-bond donors (Lipinski definition) is 1. The smallest absolute Gasteiger partial charge is 0.327 e. The average Bonchev–Trinajstić information content (AvgIpc) is 3.06. The fourth-order valence-corrected chi connectivity index (χ4v) is 4.52. The molecule has 1 fully saturated rings. The predicted molar refractivity (Wildman–Crippen MR) is 97.2 cm³/mol. The van der Waals surface area contributed by atoms with E-state index in [2.05, 4.69) is 0 Å². The van der Waals surface area contributed by atoms with Crippen LogP contribution in [-0.4, -0.2) is 40.8 Å². The van der Waals surface area contributed by atoms with E-state index in [4.69, 9.17) is 16.3 Å². The Morgan fingerprint density at radius 1 is 1.24 bits per heavy atom. The Hall–Kier alpha value is -2.18. The van der Waals surface area contributed by atoms with Gasteiger partial charge in [0.05, 0.1) is 7.11 Å². The van der Waals surface area contributed by atoms with Crippen molar-refractivity contribution in [2.45, 2.75) is 11.4 Å². The van der Waals surface area contributed by atoms with Gasteiger partial charge in [0.2, 0.25) is 0 Å². The van der Waals surface area contributed by atoms with Gasteiger partial charge in [-0.05, 0) is 24.3 Å². The molecule has 1 aliphatic rings. The Kier molecular flexibility index (Phi) is 5.20. The van der Waals surface area contributed by atoms with Gasteiger partial charge < -0.3 is 14.7 Å². The molecule has 3 rings (SSSR count). The van der Waals surface area contributed by atoms with Crippen molar-refractivity contribution in [1.29, 1.82) is 0 Å². The highest BCUT2D eigenvalue weighted by Crippen LogP contribution is 2.44. The minimum absolute atomic E-state index is 0.306. The van der Waals surface area contributed by atoms with Crippen molar-refractivity contribution in [3.63, 3.8) is 0 Å². The summed E-state index contributed by atoms with van der Waals surface area (Å²) in [6, 6.07) is 13.0. The van der Waals surface area contributed by atoms with Crippen LogP contribution in [0.5, 0.6) is 5.75 Å². The zero-order chi connectivity index (χ0) is 18.0. The number of carboxylic acids is 1. The number of rotatable bonds is 4. The number of ether oxygens (including phenoxy) is 1. The molecule has 0 bridgehead atoms. The lowest BCUT2D eigenvalue weighted by molar-refractivity contribution is -0.141. The fraction of sp³-hybridized carbons (Fsp3) is 0.222. The molecule has 1 N–H and O–H groups in total. The van der Waals surface area contributed by atoms with E-state index >= 15 is 0 Å². The zero-order valence-corrected chi connectivity index (χ0v) is 15.0. The van der Waals surface area contributed by atoms with Crippen molar-refractivity contribution in [1.82, 2.24) is 4.90 Å². The van der Waals surface area contributed by atoms with Crippen LogP contribution in [0, 0.1) is 0 Å². The van der Waals surface area contributed by atoms with Gasteiger partial charge in [0.25, 0.3) is 5.91 Å². The maximum absolute atomic E-state index is 13.1. The van der Waals surface area contributed by atoms with Crippen LogP contribution in [0.2, 0.25) is 5.02 Å². The summed E-state index contributed by atoms with van der Waals surface area (Å²) in [5.74, 6) is -0.542. The molecule has 25 heavy (non-hydrogen) atoms. The van der Waals surface area contributed by atoms with Crippen molar-refractivity contribution in [3.05, 3.63) is 64.7 Å². The molecule has 0 saturated carbocycles. The monoisotopic (exact) mass is 377 g/mol. The summed E-state index contributed by atoms with van der Waals surface area (Å²) in [4.78, 5) is 26.1. The summed E-state index contributed by atoms with van der Waals surface area (Å²) in [5.41, 5.74) is 1.11. The van der Waals surface area contributed by atoms with E-state index in [-0.39, 0.29) is 5.91 Å². The maximum Gasteiger partial charge on any atom is 0.327 e. The van der Waals surface area contributed by atoms with Crippen molar-refractivity contribution in [3.8, 4) is 5.75 Å². The summed E-state index contributed by atoms with van der Waals surface area (Å²) < 4.78 is 5.16. The molecule has 0 aliphatic carbocycles. The normalized spacial score (nSPS) is 19.7. The molecular weight excluding hydrogens is 362 g/mol. The molecular formula is C18H16ClNO4S. The average molecular weight is 378 g/mol. The van der Waals surface area contributed by atoms with Crippen LogP contribution in [0.15, 0.2) is 48.5 Å². The minimum atomic E-state index is -1.03. The number of carbonyl (C=O) groups is 2. The van der Waals surface area contributed by atoms with Crippen LogP contribution in [0.4, 0.5) is 0 Å². The number of carbonyl (C=O) groups excluding carboxylic acids is 1. The van der Waals surface area contributed by atoms with Crippen LogP contribution in [0.25, 0.3) is 0 Å². The van der Waals surface area contributed by atoms with E-state index in [1.165, 1.54) is 23.8 Å². The largest absolute Gasteiger partial charge is 0.497 e. The maximum atomic E-state index is 13.1. The fourth-order valence-electron chi connectivity index (χ4n) is 2.76. The first kappa shape index (κ1) is 17.6. The first-order chi connectivity index (χ1) is 12.0. The van der Waals surface area contributed by atoms with Gasteiger partial charge in [-0.3, -0.25) is 4.79 Å². The highest BCUT2D eigenvalue weighted by atomic mass is 35.5. The predicted octanol–water partition coefficient (Wildman–Crippen LogP) is 3.69. The van der Waals surface area contributed by atoms with Gasteiger partial charge in [-0.25, -0.2) is 4.79 Å². The molecule has 1 saturated heterocycles. The topological polar surface area (TPSA) is 66.8 Å². The molecule has 0 unspecified atom stereocenters. The quantitative estimate of drug-likeness (QED) is 0.880. The second kappa shape index (κ2) is 7.37. The first-order valence-electron chi connectivity index (χ1n) is 7.58. The van der Waals surface area contributed by atoms with Gasteiger partial charge >= 0.3 is 5.97 Å². The number of amides is 1. The standard InChI is InChI=1S/C18H16ClNO4S/c1-24-12-6-4-5-11(9-12)16(21)20-15(18(22)23)10-25-17(20)13-7-2-3-8-14(13)19/h2-9,15,17H,10H2,1H3,(H,22,23)/t15-,17+/m1/s1. The Balaban J connectivity index is 2.01. The van der Waals surface area contributed by atoms with Crippen LogP contribution in [-0.2, 0) is 4.79 Å². The highest BCUT2D eigenvalue weighted by molar-refractivity contribution is 7.99. The summed E-state index contributed by atoms with van der Waals surface area (Å²) in [6.07, 6.45) is 0. The van der Waals surface area contributed by atoms with Crippen molar-refractivity contribution >= 4 is 35.2 Å². The summed E-state index contributed by atoms with van der Waals surface area (Å²) in [5, 5.41) is 9.61. The third kappa shape index (κ3) is 3.45. The summed E-state index contributed by atoms with van der Waals surface area (Å²) in [7, 11) is 1.52. The third-order valence-corrected chi connectivity index (χ3v) is 5.66. The van der Waals surface area contributed by atoms with E-state index in [0.29, 0.717) is 22.1 Å². The Labute approximate surface area is 154 Å². The lowest BCUT2D eigenvalue weighted by Gasteiger charge is -2.28. The van der Waals surface area contributed by atoms with Crippen molar-refractivity contribution in [2.24, 2.45) is 0 Å². The molecule has 1 heterocycles. The number of carboxylic acid groups (broad SMARTS) is 1. The third-order valence-electron chi connectivity index (χ3n) is 4.01. The first-order valence-corrected chi connectivity index (χ1v) is 9.01. The number of methoxy groups -OCH3 is 1. The van der Waals surface area contributed by atoms with E-state index in [1.54, 1.807) is 36.4 Å². The van der Waals surface area contributed by atoms with Crippen molar-refractivity contribution < 1.29 is 19.4 Å². The van der Waals surface area contributed by atoms with Gasteiger partial charge in [0.1, 0.15) is 17.2 Å². The molecule has 0 spiro atoms. The van der Waals surface area contributed by atoms with Gasteiger partial charge in [0, 0.05) is 21.9 Å². The Morgan fingerprint density at radius 3 is 2.68 bits per heavy atom. The summed E-state index contributed by atoms with van der Waals surface area (Å²) in [6.45, 7) is 0. The SMILES string of the molecule is COc1cccc(C(=O)N2[C@@H](C(=O)O)CS[C@H]2c2ccccc2Cl)c1. The van der Waals surface area contributed by atoms with Crippen LogP contribution >= 0.6 is 23.4 Å². The lowest BCUT2D eigenvalue weighted by atomic mass is 10.1. The second-order valence-corrected chi connectivity index (χ2v) is 7.03. The number of halogens is 1. The molecule has 7 heteroatoms. The molecule has 1 aliphatic heterocycles. The molecule has 5 nitrogen and oxygen atoms in total. The summed E-state index contributed by atoms with van der Waals surface area (Å²) >= 11 is 7.67. The number of thioether (sulfide) groups is 1. The van der Waals surface area contributed by atoms with Gasteiger partial charge in [0.15, 0.2) is 0 Å². The number of hydrogen-bond acceptors (Lipinski definition) is 4. The van der Waals surface area contributed by atoms with E-state index in [0.717, 1.165) is 5.56 Å². The number of benzene rings is 2. The zero-order valence-electron chi connectivity index (χ0n) is 13.4. The number of nitrogens with zero attached hydrogens (tertiary/aromatic N) is 1. The highest BCUT2D eigenvalue weighted by Gasteiger charge is 2.43. The lowest BCUT2D eigenvalue weighted by Crippen LogP contribution is -2.43. The molecule has 130 valence electrons. The number of aliphatic carboxylic acids is 1. The molecule has 1 amide bonds. The Bertz CT molecular complexity index is 813. The second-order valence-electron chi connectivity index (χ2n) is 5.51. The van der Waals surface area contributed by atoms with Crippen LogP contribution in [0.1, 0.15) is 21.3 Å². The van der Waals surface area contributed by atoms with Gasteiger partial charge in [-0.1, -0.05) is 35.9 Å². The van der Waals surface area contributed by atoms with Crippen LogP contribution < -0.4 is 4.74 Å². The van der Waals surface area contributed by atoms with E-state index in [1.807, 2.05) is 12.1 Å². The van der Waals surface area contributed by atoms with E-state index in [9.17, 15) is 14.7 Å². The molecule has 2 atom stereocenters. The van der Waals surface area contributed by atoms with Crippen LogP contribution in [0.3, 0.4) is 0 Å². The van der Waals surface area contributed by atoms with Gasteiger partial charge in [-0.15, -0.1) is 11.8 Å². The van der Waals surface area contributed by atoms with Crippen molar-refractivity contribution in [2.75, 3.05) is 12.9 Å². The molecule has 0 radical (unpaired) electrons. The Morgan fingerprint density at radius 2 is 2.00 bits per heavy atom.